The maximum absolute atomic E-state index is 14.6. The van der Waals surface area contributed by atoms with Crippen molar-refractivity contribution in [2.75, 3.05) is 25.2 Å². The van der Waals surface area contributed by atoms with E-state index >= 15 is 0 Å². The molecule has 0 saturated carbocycles. The summed E-state index contributed by atoms with van der Waals surface area (Å²) in [4.78, 5) is 11.0. The Morgan fingerprint density at radius 2 is 1.91 bits per heavy atom. The molecular formula is C23H24F2N4O3. The lowest BCUT2D eigenvalue weighted by Crippen LogP contribution is -2.49. The van der Waals surface area contributed by atoms with Gasteiger partial charge in [-0.15, -0.1) is 0 Å². The van der Waals surface area contributed by atoms with E-state index in [-0.39, 0.29) is 30.8 Å². The largest absolute Gasteiger partial charge is 0.497 e. The van der Waals surface area contributed by atoms with E-state index in [9.17, 15) is 19.0 Å². The molecule has 9 heteroatoms. The molecule has 3 N–H and O–H groups in total. The highest BCUT2D eigenvalue weighted by Crippen LogP contribution is 2.35. The normalized spacial score (nSPS) is 20.0. The minimum absolute atomic E-state index is 0.192. The summed E-state index contributed by atoms with van der Waals surface area (Å²) >= 11 is 0. The zero-order valence-electron chi connectivity index (χ0n) is 17.4. The monoisotopic (exact) mass is 442 g/mol. The molecule has 4 rings (SSSR count). The number of benzene rings is 2. The molecule has 0 radical (unpaired) electrons. The van der Waals surface area contributed by atoms with Crippen LogP contribution in [-0.4, -0.2) is 54.4 Å². The molecule has 0 saturated heterocycles. The summed E-state index contributed by atoms with van der Waals surface area (Å²) in [5, 5.41) is 21.9. The van der Waals surface area contributed by atoms with Gasteiger partial charge in [-0.2, -0.15) is 0 Å². The van der Waals surface area contributed by atoms with Crippen molar-refractivity contribution in [3.8, 4) is 5.75 Å². The van der Waals surface area contributed by atoms with Crippen LogP contribution in [0, 0.1) is 17.6 Å². The van der Waals surface area contributed by atoms with Gasteiger partial charge in [-0.1, -0.05) is 6.08 Å². The Morgan fingerprint density at radius 3 is 2.56 bits per heavy atom. The molecule has 2 heterocycles. The first-order valence-corrected chi connectivity index (χ1v) is 10.2. The van der Waals surface area contributed by atoms with Gasteiger partial charge < -0.3 is 25.2 Å². The highest BCUT2D eigenvalue weighted by molar-refractivity contribution is 6.10. The standard InChI is InChI=1S/C23H24F2N4O3/c1-32-17-7-4-14(5-8-17)21-18-3-2-10-29(20-9-6-15(24)11-19(20)25)22(18)28-23(27-21)26-16(12-30)13-31/h2,4-11,16,18,22,30-31H,3,12-13H2,1H3,(H,26,28). The van der Waals surface area contributed by atoms with Gasteiger partial charge in [0.05, 0.1) is 37.8 Å². The van der Waals surface area contributed by atoms with Gasteiger partial charge in [0.1, 0.15) is 23.5 Å². The molecule has 2 aliphatic rings. The lowest BCUT2D eigenvalue weighted by Gasteiger charge is -2.39. The van der Waals surface area contributed by atoms with Crippen LogP contribution in [-0.2, 0) is 0 Å². The first-order chi connectivity index (χ1) is 15.5. The minimum atomic E-state index is -0.697. The van der Waals surface area contributed by atoms with Crippen molar-refractivity contribution in [2.45, 2.75) is 18.6 Å². The van der Waals surface area contributed by atoms with E-state index in [0.29, 0.717) is 12.2 Å². The zero-order valence-corrected chi connectivity index (χ0v) is 17.4. The molecular weight excluding hydrogens is 418 g/mol. The van der Waals surface area contributed by atoms with E-state index in [1.165, 1.54) is 12.1 Å². The molecule has 2 aromatic carbocycles. The Morgan fingerprint density at radius 1 is 1.16 bits per heavy atom. The predicted octanol–water partition coefficient (Wildman–Crippen LogP) is 2.44. The van der Waals surface area contributed by atoms with Crippen molar-refractivity contribution in [2.24, 2.45) is 15.9 Å². The van der Waals surface area contributed by atoms with Crippen LogP contribution in [0.2, 0.25) is 0 Å². The molecule has 2 aliphatic heterocycles. The summed E-state index contributed by atoms with van der Waals surface area (Å²) in [6.45, 7) is -0.625. The number of aliphatic imine (C=N–C) groups is 2. The maximum atomic E-state index is 14.6. The van der Waals surface area contributed by atoms with Gasteiger partial charge in [0.2, 0.25) is 5.96 Å². The number of hydrogen-bond acceptors (Lipinski definition) is 7. The van der Waals surface area contributed by atoms with Gasteiger partial charge in [-0.3, -0.25) is 0 Å². The lowest BCUT2D eigenvalue weighted by atomic mass is 9.87. The molecule has 168 valence electrons. The zero-order chi connectivity index (χ0) is 22.7. The molecule has 0 amide bonds. The predicted molar refractivity (Wildman–Crippen MR) is 118 cm³/mol. The highest BCUT2D eigenvalue weighted by Gasteiger charge is 2.37. The lowest BCUT2D eigenvalue weighted by molar-refractivity contribution is 0.183. The van der Waals surface area contributed by atoms with Crippen LogP contribution >= 0.6 is 0 Å². The van der Waals surface area contributed by atoms with Crippen LogP contribution in [0.3, 0.4) is 0 Å². The minimum Gasteiger partial charge on any atom is -0.497 e. The Hall–Kier alpha value is -3.30. The summed E-state index contributed by atoms with van der Waals surface area (Å²) in [6, 6.07) is 10.2. The second kappa shape index (κ2) is 9.46. The summed E-state index contributed by atoms with van der Waals surface area (Å²) < 4.78 is 33.3. The van der Waals surface area contributed by atoms with Crippen molar-refractivity contribution >= 4 is 17.4 Å². The average molecular weight is 442 g/mol. The number of anilines is 1. The van der Waals surface area contributed by atoms with E-state index in [4.69, 9.17) is 4.74 Å². The van der Waals surface area contributed by atoms with Crippen LogP contribution in [0.4, 0.5) is 14.5 Å². The number of methoxy groups -OCH3 is 1. The number of allylic oxidation sites excluding steroid dienone is 1. The second-order valence-electron chi connectivity index (χ2n) is 7.53. The number of ether oxygens (including phenoxy) is 1. The number of nitrogens with one attached hydrogen (secondary N) is 1. The van der Waals surface area contributed by atoms with Gasteiger partial charge in [-0.05, 0) is 48.4 Å². The molecule has 2 unspecified atom stereocenters. The van der Waals surface area contributed by atoms with Crippen LogP contribution < -0.4 is 15.0 Å². The van der Waals surface area contributed by atoms with Crippen molar-refractivity contribution < 1.29 is 23.7 Å². The van der Waals surface area contributed by atoms with Crippen LogP contribution in [0.1, 0.15) is 12.0 Å². The number of guanidine groups is 1. The van der Waals surface area contributed by atoms with Crippen molar-refractivity contribution in [3.05, 3.63) is 71.9 Å². The third kappa shape index (κ3) is 4.35. The third-order valence-electron chi connectivity index (χ3n) is 5.48. The number of aliphatic hydroxyl groups is 2. The Bertz CT molecular complexity index is 1050. The van der Waals surface area contributed by atoms with Crippen LogP contribution in [0.25, 0.3) is 0 Å². The molecule has 7 nitrogen and oxygen atoms in total. The first kappa shape index (κ1) is 21.9. The fourth-order valence-corrected chi connectivity index (χ4v) is 3.84. The average Bonchev–Trinajstić information content (AvgIpc) is 2.82. The Balaban J connectivity index is 1.76. The van der Waals surface area contributed by atoms with E-state index in [2.05, 4.69) is 15.3 Å². The Kier molecular flexibility index (Phi) is 6.48. The van der Waals surface area contributed by atoms with E-state index < -0.39 is 23.8 Å². The third-order valence-corrected chi connectivity index (χ3v) is 5.48. The number of hydrogen-bond donors (Lipinski definition) is 3. The number of fused-ring (bicyclic) bond motifs is 1. The number of aliphatic hydroxyl groups excluding tert-OH is 2. The van der Waals surface area contributed by atoms with E-state index in [1.807, 2.05) is 30.3 Å². The fourth-order valence-electron chi connectivity index (χ4n) is 3.84. The summed E-state index contributed by atoms with van der Waals surface area (Å²) in [5.74, 6) is -0.643. The first-order valence-electron chi connectivity index (χ1n) is 10.2. The summed E-state index contributed by atoms with van der Waals surface area (Å²) in [7, 11) is 1.59. The van der Waals surface area contributed by atoms with Gasteiger partial charge in [0, 0.05) is 18.2 Å². The number of nitrogens with zero attached hydrogens (tertiary/aromatic N) is 3. The molecule has 0 bridgehead atoms. The van der Waals surface area contributed by atoms with Gasteiger partial charge in [0.25, 0.3) is 0 Å². The maximum Gasteiger partial charge on any atom is 0.220 e. The van der Waals surface area contributed by atoms with Crippen molar-refractivity contribution in [3.63, 3.8) is 0 Å². The summed E-state index contributed by atoms with van der Waals surface area (Å²) in [5.41, 5.74) is 1.76. The highest BCUT2D eigenvalue weighted by atomic mass is 19.1. The van der Waals surface area contributed by atoms with E-state index in [0.717, 1.165) is 17.3 Å². The summed E-state index contributed by atoms with van der Waals surface area (Å²) in [6.07, 6.45) is 3.69. The van der Waals surface area contributed by atoms with E-state index in [1.54, 1.807) is 18.2 Å². The molecule has 0 spiro atoms. The smallest absolute Gasteiger partial charge is 0.220 e. The molecule has 2 atom stereocenters. The molecule has 0 aliphatic carbocycles. The Labute approximate surface area is 184 Å². The topological polar surface area (TPSA) is 89.7 Å². The van der Waals surface area contributed by atoms with Gasteiger partial charge >= 0.3 is 0 Å². The van der Waals surface area contributed by atoms with Crippen LogP contribution in [0.15, 0.2) is 64.7 Å². The molecule has 0 fully saturated rings. The van der Waals surface area contributed by atoms with Crippen molar-refractivity contribution in [1.82, 2.24) is 5.32 Å². The number of halogens is 2. The second-order valence-corrected chi connectivity index (χ2v) is 7.53. The number of rotatable bonds is 6. The van der Waals surface area contributed by atoms with Crippen molar-refractivity contribution in [1.29, 1.82) is 0 Å². The van der Waals surface area contributed by atoms with Gasteiger partial charge in [-0.25, -0.2) is 18.8 Å². The fraction of sp³-hybridized carbons (Fsp3) is 0.304. The molecule has 0 aromatic heterocycles. The SMILES string of the molecule is COc1ccc(C2=NC(NC(CO)CO)=NC3C2CC=CN3c2ccc(F)cc2F)cc1. The quantitative estimate of drug-likeness (QED) is 0.640. The van der Waals surface area contributed by atoms with Gasteiger partial charge in [0.15, 0.2) is 0 Å². The molecule has 32 heavy (non-hydrogen) atoms. The van der Waals surface area contributed by atoms with Crippen LogP contribution in [0.5, 0.6) is 5.75 Å². The molecule has 2 aromatic rings.